The normalized spacial score (nSPS) is 9.83. The number of rotatable bonds is 2. The molecule has 0 aliphatic rings. The molecule has 0 atom stereocenters. The quantitative estimate of drug-likeness (QED) is 0.547. The van der Waals surface area contributed by atoms with E-state index < -0.39 is 0 Å². The summed E-state index contributed by atoms with van der Waals surface area (Å²) in [4.78, 5) is 0. The second kappa shape index (κ2) is 4.31. The van der Waals surface area contributed by atoms with Gasteiger partial charge in [0.15, 0.2) is 0 Å². The first-order valence-corrected chi connectivity index (χ1v) is 5.22. The number of aryl methyl sites for hydroxylation is 1. The van der Waals surface area contributed by atoms with Crippen molar-refractivity contribution in [2.24, 2.45) is 0 Å². The van der Waals surface area contributed by atoms with Crippen LogP contribution in [0.5, 0.6) is 0 Å². The van der Waals surface area contributed by atoms with E-state index in [1.54, 1.807) is 0 Å². The molecule has 0 saturated carbocycles. The van der Waals surface area contributed by atoms with Crippen molar-refractivity contribution in [3.8, 4) is 0 Å². The molecule has 0 amide bonds. The number of hydrogen-bond acceptors (Lipinski definition) is 2. The molecule has 12 heavy (non-hydrogen) atoms. The van der Waals surface area contributed by atoms with Gasteiger partial charge in [-0.1, -0.05) is 31.2 Å². The Morgan fingerprint density at radius 3 is 2.33 bits per heavy atom. The van der Waals surface area contributed by atoms with Crippen LogP contribution in [0.25, 0.3) is 0 Å². The Morgan fingerprint density at radius 1 is 1.33 bits per heavy atom. The zero-order valence-electron chi connectivity index (χ0n) is 7.42. The number of hydrogen-bond donors (Lipinski definition) is 1. The number of thioether (sulfide) groups is 1. The lowest BCUT2D eigenvalue weighted by Gasteiger charge is -2.01. The molecule has 0 unspecified atom stereocenters. The maximum Gasteiger partial charge on any atom is 0.0939 e. The lowest BCUT2D eigenvalue weighted by atomic mass is 10.1. The Balaban J connectivity index is 2.84. The van der Waals surface area contributed by atoms with Gasteiger partial charge >= 0.3 is 0 Å². The highest BCUT2D eigenvalue weighted by Crippen LogP contribution is 2.10. The zero-order chi connectivity index (χ0) is 8.97. The summed E-state index contributed by atoms with van der Waals surface area (Å²) in [6, 6.07) is 8.19. The summed E-state index contributed by atoms with van der Waals surface area (Å²) in [6.07, 6.45) is 2.99. The van der Waals surface area contributed by atoms with Crippen molar-refractivity contribution in [2.45, 2.75) is 13.3 Å². The summed E-state index contributed by atoms with van der Waals surface area (Å²) >= 11 is 1.47. The van der Waals surface area contributed by atoms with Crippen LogP contribution in [0.1, 0.15) is 18.1 Å². The maximum atomic E-state index is 7.57. The third kappa shape index (κ3) is 2.11. The summed E-state index contributed by atoms with van der Waals surface area (Å²) < 4.78 is 0. The van der Waals surface area contributed by atoms with Crippen LogP contribution in [0, 0.1) is 5.41 Å². The number of nitrogens with one attached hydrogen (secondary N) is 1. The minimum atomic E-state index is 0.637. The van der Waals surface area contributed by atoms with E-state index in [0.717, 1.165) is 12.0 Å². The Kier molecular flexibility index (Phi) is 3.35. The van der Waals surface area contributed by atoms with Crippen LogP contribution in [0.3, 0.4) is 0 Å². The Labute approximate surface area is 77.7 Å². The standard InChI is InChI=1S/C10H13NS/c1-3-8-4-6-9(7-5-8)10(11)12-2/h4-7,11H,3H2,1-2H3. The topological polar surface area (TPSA) is 23.9 Å². The van der Waals surface area contributed by atoms with Crippen molar-refractivity contribution in [1.29, 1.82) is 5.41 Å². The molecule has 1 nitrogen and oxygen atoms in total. The average Bonchev–Trinajstić information content (AvgIpc) is 2.17. The van der Waals surface area contributed by atoms with Gasteiger partial charge < -0.3 is 0 Å². The van der Waals surface area contributed by atoms with Crippen molar-refractivity contribution in [3.05, 3.63) is 35.4 Å². The predicted octanol–water partition coefficient (Wildman–Crippen LogP) is 2.94. The lowest BCUT2D eigenvalue weighted by molar-refractivity contribution is 1.14. The van der Waals surface area contributed by atoms with Crippen molar-refractivity contribution in [2.75, 3.05) is 6.26 Å². The monoisotopic (exact) mass is 179 g/mol. The van der Waals surface area contributed by atoms with Gasteiger partial charge in [0.2, 0.25) is 0 Å². The lowest BCUT2D eigenvalue weighted by Crippen LogP contribution is -1.91. The van der Waals surface area contributed by atoms with E-state index in [2.05, 4.69) is 19.1 Å². The van der Waals surface area contributed by atoms with Gasteiger partial charge in [-0.05, 0) is 18.2 Å². The Bertz CT molecular complexity index is 264. The van der Waals surface area contributed by atoms with Gasteiger partial charge in [-0.25, -0.2) is 0 Å². The second-order valence-electron chi connectivity index (χ2n) is 2.58. The fourth-order valence-electron chi connectivity index (χ4n) is 1.01. The van der Waals surface area contributed by atoms with Crippen molar-refractivity contribution in [3.63, 3.8) is 0 Å². The summed E-state index contributed by atoms with van der Waals surface area (Å²) in [7, 11) is 0. The van der Waals surface area contributed by atoms with Crippen molar-refractivity contribution < 1.29 is 0 Å². The fourth-order valence-corrected chi connectivity index (χ4v) is 1.38. The third-order valence-electron chi connectivity index (χ3n) is 1.83. The van der Waals surface area contributed by atoms with Crippen LogP contribution in [0.15, 0.2) is 24.3 Å². The summed E-state index contributed by atoms with van der Waals surface area (Å²) in [5.74, 6) is 0. The van der Waals surface area contributed by atoms with E-state index >= 15 is 0 Å². The smallest absolute Gasteiger partial charge is 0.0939 e. The molecule has 0 radical (unpaired) electrons. The molecule has 0 fully saturated rings. The molecule has 1 aromatic rings. The molecule has 1 N–H and O–H groups in total. The van der Waals surface area contributed by atoms with Crippen LogP contribution in [-0.2, 0) is 6.42 Å². The van der Waals surface area contributed by atoms with E-state index in [0.29, 0.717) is 5.04 Å². The first-order chi connectivity index (χ1) is 5.77. The first kappa shape index (κ1) is 9.33. The van der Waals surface area contributed by atoms with Gasteiger partial charge in [0, 0.05) is 5.56 Å². The van der Waals surface area contributed by atoms with E-state index in [1.807, 2.05) is 18.4 Å². The predicted molar refractivity (Wildman–Crippen MR) is 56.2 cm³/mol. The molecule has 0 spiro atoms. The maximum absolute atomic E-state index is 7.57. The second-order valence-corrected chi connectivity index (χ2v) is 3.40. The molecule has 0 saturated heterocycles. The molecule has 2 heteroatoms. The molecule has 1 rings (SSSR count). The highest BCUT2D eigenvalue weighted by atomic mass is 32.2. The van der Waals surface area contributed by atoms with Crippen LogP contribution in [0.4, 0.5) is 0 Å². The van der Waals surface area contributed by atoms with Gasteiger partial charge in [-0.2, -0.15) is 0 Å². The largest absolute Gasteiger partial charge is 0.293 e. The van der Waals surface area contributed by atoms with Crippen LogP contribution in [0.2, 0.25) is 0 Å². The molecule has 1 aromatic carbocycles. The Morgan fingerprint density at radius 2 is 1.92 bits per heavy atom. The first-order valence-electron chi connectivity index (χ1n) is 3.99. The van der Waals surface area contributed by atoms with Crippen LogP contribution < -0.4 is 0 Å². The molecular weight excluding hydrogens is 166 g/mol. The van der Waals surface area contributed by atoms with Gasteiger partial charge in [0.25, 0.3) is 0 Å². The van der Waals surface area contributed by atoms with Crippen LogP contribution in [-0.4, -0.2) is 11.3 Å². The van der Waals surface area contributed by atoms with Gasteiger partial charge in [-0.15, -0.1) is 11.8 Å². The Hall–Kier alpha value is -0.760. The molecule has 0 aliphatic carbocycles. The van der Waals surface area contributed by atoms with E-state index in [4.69, 9.17) is 5.41 Å². The molecule has 64 valence electrons. The molecule has 0 heterocycles. The fraction of sp³-hybridized carbons (Fsp3) is 0.300. The number of benzene rings is 1. The van der Waals surface area contributed by atoms with E-state index in [1.165, 1.54) is 17.3 Å². The molecule has 0 aromatic heterocycles. The van der Waals surface area contributed by atoms with Gasteiger partial charge in [-0.3, -0.25) is 5.41 Å². The SMILES string of the molecule is CCc1ccc(C(=N)SC)cc1. The molecular formula is C10H13NS. The average molecular weight is 179 g/mol. The summed E-state index contributed by atoms with van der Waals surface area (Å²) in [5, 5.41) is 8.21. The van der Waals surface area contributed by atoms with Crippen LogP contribution >= 0.6 is 11.8 Å². The third-order valence-corrected chi connectivity index (χ3v) is 2.47. The van der Waals surface area contributed by atoms with Gasteiger partial charge in [0.05, 0.1) is 5.04 Å². The summed E-state index contributed by atoms with van der Waals surface area (Å²) in [6.45, 7) is 2.13. The molecule has 0 aliphatic heterocycles. The minimum Gasteiger partial charge on any atom is -0.293 e. The van der Waals surface area contributed by atoms with Crippen molar-refractivity contribution in [1.82, 2.24) is 0 Å². The van der Waals surface area contributed by atoms with E-state index in [9.17, 15) is 0 Å². The highest BCUT2D eigenvalue weighted by molar-refractivity contribution is 8.13. The zero-order valence-corrected chi connectivity index (χ0v) is 8.24. The highest BCUT2D eigenvalue weighted by Gasteiger charge is 1.97. The summed E-state index contributed by atoms with van der Waals surface area (Å²) in [5.41, 5.74) is 2.34. The minimum absolute atomic E-state index is 0.637. The van der Waals surface area contributed by atoms with E-state index in [-0.39, 0.29) is 0 Å². The molecule has 0 bridgehead atoms. The van der Waals surface area contributed by atoms with Gasteiger partial charge in [0.1, 0.15) is 0 Å². The van der Waals surface area contributed by atoms with Crippen molar-refractivity contribution >= 4 is 16.8 Å².